The van der Waals surface area contributed by atoms with Crippen molar-refractivity contribution in [1.29, 1.82) is 0 Å². The van der Waals surface area contributed by atoms with E-state index in [1.165, 1.54) is 18.4 Å². The number of nitrogens with one attached hydrogen (secondary N) is 1. The van der Waals surface area contributed by atoms with Crippen molar-refractivity contribution in [3.63, 3.8) is 0 Å². The number of hydrogen-bond acceptors (Lipinski definition) is 3. The van der Waals surface area contributed by atoms with Crippen LogP contribution >= 0.6 is 0 Å². The van der Waals surface area contributed by atoms with Crippen LogP contribution in [0, 0.1) is 5.92 Å². The van der Waals surface area contributed by atoms with Crippen molar-refractivity contribution < 1.29 is 4.74 Å². The fourth-order valence-corrected chi connectivity index (χ4v) is 2.77. The van der Waals surface area contributed by atoms with Crippen LogP contribution in [0.4, 0.5) is 0 Å². The van der Waals surface area contributed by atoms with Gasteiger partial charge in [-0.15, -0.1) is 0 Å². The Morgan fingerprint density at radius 1 is 1.44 bits per heavy atom. The van der Waals surface area contributed by atoms with Crippen molar-refractivity contribution in [1.82, 2.24) is 10.3 Å². The molecule has 0 amide bonds. The van der Waals surface area contributed by atoms with Crippen LogP contribution in [0.3, 0.4) is 0 Å². The molecule has 0 bridgehead atoms. The molecule has 2 heterocycles. The predicted molar refractivity (Wildman–Crippen MR) is 74.0 cm³/mol. The summed E-state index contributed by atoms with van der Waals surface area (Å²) in [5.74, 6) is 2.24. The third-order valence-corrected chi connectivity index (χ3v) is 3.67. The SMILES string of the molecule is CCC1CNCCC1c1cncc(OC(C)C)c1. The van der Waals surface area contributed by atoms with Crippen molar-refractivity contribution >= 4 is 0 Å². The fraction of sp³-hybridized carbons (Fsp3) is 0.667. The molecule has 2 unspecified atom stereocenters. The van der Waals surface area contributed by atoms with Gasteiger partial charge in [-0.2, -0.15) is 0 Å². The van der Waals surface area contributed by atoms with Gasteiger partial charge in [0.2, 0.25) is 0 Å². The largest absolute Gasteiger partial charge is 0.489 e. The molecule has 0 radical (unpaired) electrons. The zero-order chi connectivity index (χ0) is 13.0. The van der Waals surface area contributed by atoms with Crippen LogP contribution in [0.25, 0.3) is 0 Å². The van der Waals surface area contributed by atoms with Crippen LogP contribution in [-0.2, 0) is 0 Å². The molecular formula is C15H24N2O. The van der Waals surface area contributed by atoms with Crippen LogP contribution < -0.4 is 10.1 Å². The first-order valence-corrected chi connectivity index (χ1v) is 7.03. The highest BCUT2D eigenvalue weighted by Crippen LogP contribution is 2.33. The Hall–Kier alpha value is -1.09. The molecule has 0 aromatic carbocycles. The van der Waals surface area contributed by atoms with E-state index in [4.69, 9.17) is 4.74 Å². The average Bonchev–Trinajstić information content (AvgIpc) is 2.38. The fourth-order valence-electron chi connectivity index (χ4n) is 2.77. The molecule has 2 rings (SSSR count). The van der Waals surface area contributed by atoms with Crippen LogP contribution in [0.1, 0.15) is 45.1 Å². The second kappa shape index (κ2) is 6.19. The lowest BCUT2D eigenvalue weighted by atomic mass is 9.80. The first-order valence-electron chi connectivity index (χ1n) is 7.03. The van der Waals surface area contributed by atoms with E-state index in [-0.39, 0.29) is 6.10 Å². The summed E-state index contributed by atoms with van der Waals surface area (Å²) in [7, 11) is 0. The normalized spacial score (nSPS) is 24.2. The number of hydrogen-bond donors (Lipinski definition) is 1. The topological polar surface area (TPSA) is 34.2 Å². The molecule has 0 saturated carbocycles. The van der Waals surface area contributed by atoms with Gasteiger partial charge >= 0.3 is 0 Å². The molecule has 18 heavy (non-hydrogen) atoms. The highest BCUT2D eigenvalue weighted by atomic mass is 16.5. The molecule has 1 saturated heterocycles. The number of nitrogens with zero attached hydrogens (tertiary/aromatic N) is 1. The first kappa shape index (κ1) is 13.3. The molecule has 1 aliphatic heterocycles. The highest BCUT2D eigenvalue weighted by Gasteiger charge is 2.25. The maximum absolute atomic E-state index is 5.74. The van der Waals surface area contributed by atoms with Crippen molar-refractivity contribution in [3.8, 4) is 5.75 Å². The van der Waals surface area contributed by atoms with E-state index in [1.807, 2.05) is 26.2 Å². The maximum Gasteiger partial charge on any atom is 0.138 e. The maximum atomic E-state index is 5.74. The number of aromatic nitrogens is 1. The minimum absolute atomic E-state index is 0.206. The Bertz CT molecular complexity index is 379. The lowest BCUT2D eigenvalue weighted by molar-refractivity contribution is 0.240. The molecule has 100 valence electrons. The molecule has 1 aromatic heterocycles. The van der Waals surface area contributed by atoms with Gasteiger partial charge in [0.05, 0.1) is 12.3 Å². The smallest absolute Gasteiger partial charge is 0.138 e. The molecule has 3 heteroatoms. The summed E-state index contributed by atoms with van der Waals surface area (Å²) in [4.78, 5) is 4.34. The van der Waals surface area contributed by atoms with Gasteiger partial charge in [-0.3, -0.25) is 4.98 Å². The van der Waals surface area contributed by atoms with Crippen molar-refractivity contribution in [2.45, 2.75) is 45.6 Å². The Balaban J connectivity index is 2.15. The molecule has 1 N–H and O–H groups in total. The summed E-state index contributed by atoms with van der Waals surface area (Å²) in [5, 5.41) is 3.48. The minimum Gasteiger partial charge on any atom is -0.489 e. The summed E-state index contributed by atoms with van der Waals surface area (Å²) >= 11 is 0. The number of rotatable bonds is 4. The summed E-state index contributed by atoms with van der Waals surface area (Å²) in [6.45, 7) is 8.59. The Morgan fingerprint density at radius 3 is 3.00 bits per heavy atom. The average molecular weight is 248 g/mol. The first-order chi connectivity index (χ1) is 8.70. The quantitative estimate of drug-likeness (QED) is 0.889. The van der Waals surface area contributed by atoms with Crippen LogP contribution in [0.15, 0.2) is 18.5 Å². The number of piperidine rings is 1. The Kier molecular flexibility index (Phi) is 4.59. The van der Waals surface area contributed by atoms with Gasteiger partial charge < -0.3 is 10.1 Å². The molecule has 3 nitrogen and oxygen atoms in total. The van der Waals surface area contributed by atoms with Crippen molar-refractivity contribution in [2.75, 3.05) is 13.1 Å². The lowest BCUT2D eigenvalue weighted by Gasteiger charge is -2.31. The van der Waals surface area contributed by atoms with Crippen molar-refractivity contribution in [3.05, 3.63) is 24.0 Å². The molecular weight excluding hydrogens is 224 g/mol. The second-order valence-electron chi connectivity index (χ2n) is 5.39. The van der Waals surface area contributed by atoms with Crippen LogP contribution in [0.2, 0.25) is 0 Å². The Morgan fingerprint density at radius 2 is 2.28 bits per heavy atom. The minimum atomic E-state index is 0.206. The summed E-state index contributed by atoms with van der Waals surface area (Å²) < 4.78 is 5.74. The highest BCUT2D eigenvalue weighted by molar-refractivity contribution is 5.27. The van der Waals surface area contributed by atoms with Gasteiger partial charge in [0.25, 0.3) is 0 Å². The summed E-state index contributed by atoms with van der Waals surface area (Å²) in [6.07, 6.45) is 6.44. The molecule has 1 aliphatic rings. The van der Waals surface area contributed by atoms with Crippen LogP contribution in [0.5, 0.6) is 5.75 Å². The van der Waals surface area contributed by atoms with Gasteiger partial charge in [-0.25, -0.2) is 0 Å². The van der Waals surface area contributed by atoms with E-state index in [0.717, 1.165) is 24.8 Å². The van der Waals surface area contributed by atoms with Gasteiger partial charge in [0, 0.05) is 6.20 Å². The van der Waals surface area contributed by atoms with E-state index in [1.54, 1.807) is 0 Å². The third kappa shape index (κ3) is 3.22. The number of pyridine rings is 1. The van der Waals surface area contributed by atoms with Gasteiger partial charge in [-0.1, -0.05) is 13.3 Å². The van der Waals surface area contributed by atoms with Crippen LogP contribution in [-0.4, -0.2) is 24.2 Å². The van der Waals surface area contributed by atoms with E-state index in [2.05, 4.69) is 23.3 Å². The van der Waals surface area contributed by atoms with E-state index >= 15 is 0 Å². The van der Waals surface area contributed by atoms with Gasteiger partial charge in [0.15, 0.2) is 0 Å². The molecule has 2 atom stereocenters. The second-order valence-corrected chi connectivity index (χ2v) is 5.39. The van der Waals surface area contributed by atoms with E-state index < -0.39 is 0 Å². The predicted octanol–water partition coefficient (Wildman–Crippen LogP) is 2.97. The molecule has 0 spiro atoms. The molecule has 1 aromatic rings. The lowest BCUT2D eigenvalue weighted by Crippen LogP contribution is -2.35. The van der Waals surface area contributed by atoms with Gasteiger partial charge in [-0.05, 0) is 56.8 Å². The standard InChI is InChI=1S/C15H24N2O/c1-4-12-8-16-6-5-15(12)13-7-14(10-17-9-13)18-11(2)3/h7,9-12,15-16H,4-6,8H2,1-3H3. The zero-order valence-electron chi connectivity index (χ0n) is 11.6. The van der Waals surface area contributed by atoms with Gasteiger partial charge in [0.1, 0.15) is 5.75 Å². The van der Waals surface area contributed by atoms with Crippen molar-refractivity contribution in [2.24, 2.45) is 5.92 Å². The summed E-state index contributed by atoms with van der Waals surface area (Å²) in [6, 6.07) is 2.17. The van der Waals surface area contributed by atoms with E-state index in [9.17, 15) is 0 Å². The molecule has 0 aliphatic carbocycles. The van der Waals surface area contributed by atoms with E-state index in [0.29, 0.717) is 5.92 Å². The Labute approximate surface area is 110 Å². The third-order valence-electron chi connectivity index (χ3n) is 3.67. The summed E-state index contributed by atoms with van der Waals surface area (Å²) in [5.41, 5.74) is 1.33. The molecule has 1 fully saturated rings. The number of ether oxygens (including phenoxy) is 1. The zero-order valence-corrected chi connectivity index (χ0v) is 11.6. The monoisotopic (exact) mass is 248 g/mol.